The van der Waals surface area contributed by atoms with Gasteiger partial charge in [0.25, 0.3) is 0 Å². The van der Waals surface area contributed by atoms with Gasteiger partial charge in [-0.2, -0.15) is 18.2 Å². The van der Waals surface area contributed by atoms with Crippen molar-refractivity contribution < 1.29 is 50.8 Å². The normalized spacial score (nSPS) is 12.2. The highest BCUT2D eigenvalue weighted by molar-refractivity contribution is 7.22. The SMILES string of the molecule is CCOC(=O)[C@@H](Cc1cc(CC(=O)OC(C)(C)C)ccc1OCc1ccnc(OCCC(F)(F)F)n1)Oc1ncnc2sc(-c3ccc(F)cc3)c(-c3ccc(N)c(Cl)c3C)c12. The number of halogens is 5. The minimum absolute atomic E-state index is 0.0164. The molecule has 0 saturated heterocycles. The predicted molar refractivity (Wildman–Crippen MR) is 226 cm³/mol. The Kier molecular flexibility index (Phi) is 14.2. The first kappa shape index (κ1) is 45.5. The van der Waals surface area contributed by atoms with Crippen molar-refractivity contribution in [2.75, 3.05) is 18.9 Å². The number of carbonyl (C=O) groups is 2. The van der Waals surface area contributed by atoms with E-state index in [1.165, 1.54) is 42.1 Å². The molecular weight excluding hydrogens is 854 g/mol. The van der Waals surface area contributed by atoms with E-state index in [0.29, 0.717) is 59.2 Å². The van der Waals surface area contributed by atoms with Crippen molar-refractivity contribution in [1.82, 2.24) is 19.9 Å². The quantitative estimate of drug-likeness (QED) is 0.0558. The molecule has 3 aromatic heterocycles. The van der Waals surface area contributed by atoms with Crippen molar-refractivity contribution >= 4 is 50.8 Å². The Morgan fingerprint density at radius 3 is 2.44 bits per heavy atom. The summed E-state index contributed by atoms with van der Waals surface area (Å²) < 4.78 is 81.2. The lowest BCUT2D eigenvalue weighted by Crippen LogP contribution is -2.32. The number of ether oxygens (including phenoxy) is 5. The molecule has 0 unspecified atom stereocenters. The summed E-state index contributed by atoms with van der Waals surface area (Å²) in [7, 11) is 0. The molecule has 0 radical (unpaired) electrons. The zero-order valence-electron chi connectivity index (χ0n) is 34.3. The Balaban J connectivity index is 1.40. The molecular formula is C44H42ClF4N5O7S. The topological polar surface area (TPSA) is 158 Å². The average molecular weight is 896 g/mol. The molecule has 1 atom stereocenters. The van der Waals surface area contributed by atoms with Crippen LogP contribution in [-0.2, 0) is 38.5 Å². The van der Waals surface area contributed by atoms with Crippen LogP contribution in [0.15, 0.2) is 73.2 Å². The lowest BCUT2D eigenvalue weighted by molar-refractivity contribution is -0.154. The maximum Gasteiger partial charge on any atom is 0.392 e. The van der Waals surface area contributed by atoms with Crippen LogP contribution in [0.3, 0.4) is 0 Å². The van der Waals surface area contributed by atoms with Crippen molar-refractivity contribution in [3.63, 3.8) is 0 Å². The molecule has 6 aromatic rings. The minimum Gasteiger partial charge on any atom is -0.487 e. The Morgan fingerprint density at radius 1 is 0.968 bits per heavy atom. The fraction of sp³-hybridized carbons (Fsp3) is 0.318. The van der Waals surface area contributed by atoms with E-state index in [2.05, 4.69) is 19.9 Å². The second-order valence-corrected chi connectivity index (χ2v) is 16.3. The van der Waals surface area contributed by atoms with Gasteiger partial charge in [0.2, 0.25) is 12.0 Å². The summed E-state index contributed by atoms with van der Waals surface area (Å²) in [4.78, 5) is 45.1. The summed E-state index contributed by atoms with van der Waals surface area (Å²) in [6, 6.07) is 15.7. The highest BCUT2D eigenvalue weighted by atomic mass is 35.5. The molecule has 3 aromatic carbocycles. The number of thiophene rings is 1. The minimum atomic E-state index is -4.42. The Morgan fingerprint density at radius 2 is 1.73 bits per heavy atom. The molecule has 18 heteroatoms. The number of nitrogen functional groups attached to an aromatic ring is 1. The lowest BCUT2D eigenvalue weighted by Gasteiger charge is -2.21. The van der Waals surface area contributed by atoms with Gasteiger partial charge in [-0.25, -0.2) is 24.1 Å². The second-order valence-electron chi connectivity index (χ2n) is 14.9. The summed E-state index contributed by atoms with van der Waals surface area (Å²) >= 11 is 7.98. The molecule has 0 amide bonds. The van der Waals surface area contributed by atoms with Crippen molar-refractivity contribution in [2.45, 2.75) is 78.4 Å². The maximum atomic E-state index is 14.1. The first-order valence-electron chi connectivity index (χ1n) is 19.3. The zero-order valence-corrected chi connectivity index (χ0v) is 35.8. The number of alkyl halides is 3. The smallest absolute Gasteiger partial charge is 0.392 e. The molecule has 0 bridgehead atoms. The zero-order chi connectivity index (χ0) is 44.8. The van der Waals surface area contributed by atoms with E-state index < -0.39 is 48.7 Å². The van der Waals surface area contributed by atoms with Crippen LogP contribution in [-0.4, -0.2) is 63.0 Å². The molecule has 326 valence electrons. The summed E-state index contributed by atoms with van der Waals surface area (Å²) in [6.07, 6.45) is -4.59. The van der Waals surface area contributed by atoms with Crippen LogP contribution in [0.2, 0.25) is 5.02 Å². The van der Waals surface area contributed by atoms with E-state index in [1.54, 1.807) is 70.2 Å². The average Bonchev–Trinajstić information content (AvgIpc) is 3.59. The highest BCUT2D eigenvalue weighted by Gasteiger charge is 2.30. The van der Waals surface area contributed by atoms with Gasteiger partial charge in [-0.3, -0.25) is 4.79 Å². The van der Waals surface area contributed by atoms with E-state index in [1.807, 2.05) is 6.92 Å². The number of rotatable bonds is 16. The molecule has 6 rings (SSSR count). The first-order chi connectivity index (χ1) is 29.4. The number of fused-ring (bicyclic) bond motifs is 1. The molecule has 0 aliphatic rings. The number of anilines is 1. The van der Waals surface area contributed by atoms with Crippen LogP contribution >= 0.6 is 22.9 Å². The van der Waals surface area contributed by atoms with Crippen LogP contribution in [0, 0.1) is 12.7 Å². The van der Waals surface area contributed by atoms with E-state index in [0.717, 1.165) is 0 Å². The summed E-state index contributed by atoms with van der Waals surface area (Å²) in [6.45, 7) is 7.89. The Bertz CT molecular complexity index is 2570. The number of hydrogen-bond donors (Lipinski definition) is 1. The van der Waals surface area contributed by atoms with Gasteiger partial charge < -0.3 is 29.4 Å². The molecule has 12 nitrogen and oxygen atoms in total. The van der Waals surface area contributed by atoms with E-state index in [-0.39, 0.29) is 49.4 Å². The third kappa shape index (κ3) is 11.6. The number of nitrogens with two attached hydrogens (primary N) is 1. The van der Waals surface area contributed by atoms with Gasteiger partial charge in [0, 0.05) is 23.1 Å². The van der Waals surface area contributed by atoms with Crippen LogP contribution in [0.4, 0.5) is 23.2 Å². The molecule has 0 saturated carbocycles. The van der Waals surface area contributed by atoms with E-state index in [9.17, 15) is 27.2 Å². The molecule has 0 aliphatic carbocycles. The first-order valence-corrected chi connectivity index (χ1v) is 20.5. The number of hydrogen-bond acceptors (Lipinski definition) is 13. The monoisotopic (exact) mass is 895 g/mol. The third-order valence-electron chi connectivity index (χ3n) is 9.03. The highest BCUT2D eigenvalue weighted by Crippen LogP contribution is 2.49. The van der Waals surface area contributed by atoms with Gasteiger partial charge in [-0.15, -0.1) is 11.3 Å². The number of nitrogens with zero attached hydrogens (tertiary/aromatic N) is 4. The van der Waals surface area contributed by atoms with Crippen molar-refractivity contribution in [1.29, 1.82) is 0 Å². The summed E-state index contributed by atoms with van der Waals surface area (Å²) in [5.74, 6) is -1.34. The number of aromatic nitrogens is 4. The van der Waals surface area contributed by atoms with Crippen LogP contribution in [0.5, 0.6) is 17.6 Å². The second kappa shape index (κ2) is 19.3. The Hall–Kier alpha value is -6.07. The van der Waals surface area contributed by atoms with Crippen molar-refractivity contribution in [3.8, 4) is 39.2 Å². The molecule has 2 N–H and O–H groups in total. The maximum absolute atomic E-state index is 14.1. The standard InChI is InChI=1S/C44H42ClF4N5O7S/c1-6-57-41(56)33(60-39-36-35(30-12-13-31(50)37(45)24(30)2)38(62-40(36)53-23-52-39)26-8-10-28(46)11-9-26)21-27-19-25(20-34(55)61-43(3,4)5)7-14-32(27)59-22-29-15-17-51-42(54-29)58-18-16-44(47,48)49/h7-15,17,19,23,33H,6,16,18,20-22,50H2,1-5H3/t33-/m1/s1. The van der Waals surface area contributed by atoms with Gasteiger partial charge in [-0.1, -0.05) is 41.9 Å². The number of benzene rings is 3. The summed E-state index contributed by atoms with van der Waals surface area (Å²) in [5.41, 5.74) is 9.65. The fourth-order valence-corrected chi connectivity index (χ4v) is 7.62. The molecule has 0 spiro atoms. The third-order valence-corrected chi connectivity index (χ3v) is 10.7. The number of esters is 2. The lowest BCUT2D eigenvalue weighted by atomic mass is 9.95. The van der Waals surface area contributed by atoms with Crippen molar-refractivity contribution in [3.05, 3.63) is 106 Å². The predicted octanol–water partition coefficient (Wildman–Crippen LogP) is 9.85. The number of carbonyl (C=O) groups excluding carboxylic acids is 2. The van der Waals surface area contributed by atoms with Crippen molar-refractivity contribution in [2.24, 2.45) is 0 Å². The van der Waals surface area contributed by atoms with E-state index >= 15 is 0 Å². The molecule has 62 heavy (non-hydrogen) atoms. The van der Waals surface area contributed by atoms with Crippen LogP contribution < -0.4 is 19.9 Å². The largest absolute Gasteiger partial charge is 0.487 e. The molecule has 0 aliphatic heterocycles. The van der Waals surface area contributed by atoms with Crippen LogP contribution in [0.1, 0.15) is 56.5 Å². The summed E-state index contributed by atoms with van der Waals surface area (Å²) in [5, 5.41) is 0.781. The molecule has 3 heterocycles. The van der Waals surface area contributed by atoms with E-state index in [4.69, 9.17) is 41.0 Å². The van der Waals surface area contributed by atoms with Gasteiger partial charge in [0.05, 0.1) is 41.2 Å². The molecule has 0 fully saturated rings. The van der Waals surface area contributed by atoms with Gasteiger partial charge in [0.15, 0.2) is 0 Å². The van der Waals surface area contributed by atoms with Crippen LogP contribution in [0.25, 0.3) is 31.8 Å². The fourth-order valence-electron chi connectivity index (χ4n) is 6.30. The van der Waals surface area contributed by atoms with Gasteiger partial charge in [-0.05, 0) is 92.8 Å². The van der Waals surface area contributed by atoms with Gasteiger partial charge >= 0.3 is 24.1 Å². The Labute approximate surface area is 363 Å². The van der Waals surface area contributed by atoms with Gasteiger partial charge in [0.1, 0.15) is 41.5 Å².